The highest BCUT2D eigenvalue weighted by molar-refractivity contribution is 5.48. The van der Waals surface area contributed by atoms with E-state index >= 15 is 0 Å². The van der Waals surface area contributed by atoms with E-state index < -0.39 is 16.4 Å². The number of nitro groups is 1. The van der Waals surface area contributed by atoms with Crippen molar-refractivity contribution in [3.8, 4) is 5.75 Å². The summed E-state index contributed by atoms with van der Waals surface area (Å²) in [6.45, 7) is 1.22. The zero-order chi connectivity index (χ0) is 12.8. The van der Waals surface area contributed by atoms with Crippen molar-refractivity contribution in [2.24, 2.45) is 0 Å². The van der Waals surface area contributed by atoms with E-state index in [0.29, 0.717) is 30.9 Å². The second kappa shape index (κ2) is 3.91. The van der Waals surface area contributed by atoms with Gasteiger partial charge in [0.25, 0.3) is 0 Å². The van der Waals surface area contributed by atoms with E-state index in [2.05, 4.69) is 0 Å². The van der Waals surface area contributed by atoms with Crippen molar-refractivity contribution in [3.05, 3.63) is 33.6 Å². The third-order valence-corrected chi connectivity index (χ3v) is 3.57. The Morgan fingerprint density at radius 2 is 2.06 bits per heavy atom. The van der Waals surface area contributed by atoms with Gasteiger partial charge in [-0.05, 0) is 0 Å². The summed E-state index contributed by atoms with van der Waals surface area (Å²) in [6, 6.07) is 2.41. The second-order valence-electron chi connectivity index (χ2n) is 4.74. The van der Waals surface area contributed by atoms with Crippen LogP contribution in [0.5, 0.6) is 5.75 Å². The number of ether oxygens (including phenoxy) is 2. The Morgan fingerprint density at radius 3 is 2.72 bits per heavy atom. The molecule has 96 valence electrons. The van der Waals surface area contributed by atoms with Gasteiger partial charge in [-0.15, -0.1) is 0 Å². The lowest BCUT2D eigenvalue weighted by Crippen LogP contribution is -2.40. The zero-order valence-electron chi connectivity index (χ0n) is 9.65. The topological polar surface area (TPSA) is 61.6 Å². The highest BCUT2D eigenvalue weighted by atomic mass is 19.1. The van der Waals surface area contributed by atoms with Gasteiger partial charge in [0.15, 0.2) is 0 Å². The Bertz CT molecular complexity index is 511. The van der Waals surface area contributed by atoms with Crippen molar-refractivity contribution in [2.75, 3.05) is 13.2 Å². The second-order valence-corrected chi connectivity index (χ2v) is 4.74. The van der Waals surface area contributed by atoms with Gasteiger partial charge in [0.1, 0.15) is 11.4 Å². The average Bonchev–Trinajstić information content (AvgIpc) is 2.65. The average molecular weight is 253 g/mol. The molecule has 1 fully saturated rings. The van der Waals surface area contributed by atoms with Gasteiger partial charge in [-0.1, -0.05) is 0 Å². The fraction of sp³-hybridized carbons (Fsp3) is 0.500. The number of halogens is 1. The van der Waals surface area contributed by atoms with Crippen LogP contribution in [0.4, 0.5) is 10.1 Å². The molecular formula is C12H12FNO4. The van der Waals surface area contributed by atoms with Gasteiger partial charge < -0.3 is 9.47 Å². The molecule has 18 heavy (non-hydrogen) atoms. The Balaban J connectivity index is 1.95. The molecule has 2 aliphatic heterocycles. The summed E-state index contributed by atoms with van der Waals surface area (Å²) in [7, 11) is 0. The predicted octanol–water partition coefficient (Wildman–Crippen LogP) is 2.22. The fourth-order valence-corrected chi connectivity index (χ4v) is 2.60. The van der Waals surface area contributed by atoms with E-state index in [4.69, 9.17) is 9.47 Å². The summed E-state index contributed by atoms with van der Waals surface area (Å²) in [6.07, 6.45) is 2.06. The van der Waals surface area contributed by atoms with Gasteiger partial charge in [0, 0.05) is 37.0 Å². The molecule has 6 heteroatoms. The highest BCUT2D eigenvalue weighted by Gasteiger charge is 2.42. The van der Waals surface area contributed by atoms with Crippen LogP contribution < -0.4 is 4.74 Å². The van der Waals surface area contributed by atoms with Crippen LogP contribution in [0.2, 0.25) is 0 Å². The van der Waals surface area contributed by atoms with Crippen LogP contribution in [0.1, 0.15) is 18.4 Å². The maximum Gasteiger partial charge on any atom is 0.305 e. The van der Waals surface area contributed by atoms with Gasteiger partial charge >= 0.3 is 5.69 Å². The third kappa shape index (κ3) is 1.73. The van der Waals surface area contributed by atoms with E-state index in [1.807, 2.05) is 0 Å². The summed E-state index contributed by atoms with van der Waals surface area (Å²) in [5, 5.41) is 10.7. The first kappa shape index (κ1) is 11.4. The lowest BCUT2D eigenvalue weighted by atomic mass is 9.89. The van der Waals surface area contributed by atoms with Crippen LogP contribution in [-0.2, 0) is 11.2 Å². The van der Waals surface area contributed by atoms with Crippen molar-refractivity contribution in [1.82, 2.24) is 0 Å². The quantitative estimate of drug-likeness (QED) is 0.568. The van der Waals surface area contributed by atoms with Crippen LogP contribution in [0.15, 0.2) is 12.1 Å². The molecule has 0 atom stereocenters. The Kier molecular flexibility index (Phi) is 2.48. The largest absolute Gasteiger partial charge is 0.486 e. The predicted molar refractivity (Wildman–Crippen MR) is 60.2 cm³/mol. The molecule has 0 aromatic heterocycles. The Hall–Kier alpha value is -1.69. The molecule has 0 aliphatic carbocycles. The van der Waals surface area contributed by atoms with Gasteiger partial charge in [0.05, 0.1) is 18.1 Å². The van der Waals surface area contributed by atoms with E-state index in [9.17, 15) is 14.5 Å². The monoisotopic (exact) mass is 253 g/mol. The van der Waals surface area contributed by atoms with Crippen LogP contribution in [0.3, 0.4) is 0 Å². The van der Waals surface area contributed by atoms with Gasteiger partial charge in [-0.25, -0.2) is 0 Å². The molecule has 0 N–H and O–H groups in total. The number of nitro benzene ring substituents is 1. The zero-order valence-corrected chi connectivity index (χ0v) is 9.65. The maximum atomic E-state index is 13.5. The highest BCUT2D eigenvalue weighted by Crippen LogP contribution is 2.42. The van der Waals surface area contributed by atoms with Gasteiger partial charge in [-0.2, -0.15) is 4.39 Å². The Morgan fingerprint density at radius 1 is 1.33 bits per heavy atom. The van der Waals surface area contributed by atoms with Crippen LogP contribution in [-0.4, -0.2) is 23.7 Å². The summed E-state index contributed by atoms with van der Waals surface area (Å²) < 4.78 is 24.6. The maximum absolute atomic E-state index is 13.5. The number of nitrogens with zero attached hydrogens (tertiary/aromatic N) is 1. The minimum absolute atomic E-state index is 0.359. The smallest absolute Gasteiger partial charge is 0.305 e. The lowest BCUT2D eigenvalue weighted by molar-refractivity contribution is -0.387. The lowest BCUT2D eigenvalue weighted by Gasteiger charge is -2.32. The van der Waals surface area contributed by atoms with Gasteiger partial charge in [0.2, 0.25) is 5.82 Å². The Labute approximate surface area is 103 Å². The molecule has 1 aromatic rings. The first-order chi connectivity index (χ1) is 8.60. The molecule has 2 heterocycles. The van der Waals surface area contributed by atoms with Crippen LogP contribution in [0.25, 0.3) is 0 Å². The normalized spacial score (nSPS) is 20.5. The molecule has 0 unspecified atom stereocenters. The first-order valence-electron chi connectivity index (χ1n) is 5.83. The van der Waals surface area contributed by atoms with Crippen molar-refractivity contribution >= 4 is 5.69 Å². The van der Waals surface area contributed by atoms with Crippen molar-refractivity contribution < 1.29 is 18.8 Å². The van der Waals surface area contributed by atoms with E-state index in [1.165, 1.54) is 6.07 Å². The third-order valence-electron chi connectivity index (χ3n) is 3.57. The molecule has 1 saturated heterocycles. The van der Waals surface area contributed by atoms with E-state index in [0.717, 1.165) is 18.9 Å². The molecule has 0 radical (unpaired) electrons. The number of rotatable bonds is 1. The molecule has 2 aliphatic rings. The van der Waals surface area contributed by atoms with Crippen molar-refractivity contribution in [1.29, 1.82) is 0 Å². The number of hydrogen-bond acceptors (Lipinski definition) is 4. The number of benzene rings is 1. The molecule has 0 amide bonds. The molecule has 1 spiro atoms. The van der Waals surface area contributed by atoms with Crippen LogP contribution in [0, 0.1) is 15.9 Å². The summed E-state index contributed by atoms with van der Waals surface area (Å²) in [5.41, 5.74) is -0.131. The molecule has 3 rings (SSSR count). The fourth-order valence-electron chi connectivity index (χ4n) is 2.60. The minimum Gasteiger partial charge on any atom is -0.486 e. The molecular weight excluding hydrogens is 241 g/mol. The van der Waals surface area contributed by atoms with E-state index in [1.54, 1.807) is 0 Å². The van der Waals surface area contributed by atoms with E-state index in [-0.39, 0.29) is 5.60 Å². The van der Waals surface area contributed by atoms with Crippen molar-refractivity contribution in [3.63, 3.8) is 0 Å². The summed E-state index contributed by atoms with van der Waals surface area (Å²) in [4.78, 5) is 9.99. The minimum atomic E-state index is -0.845. The van der Waals surface area contributed by atoms with Crippen molar-refractivity contribution in [2.45, 2.75) is 24.9 Å². The number of fused-ring (bicyclic) bond motifs is 1. The first-order valence-corrected chi connectivity index (χ1v) is 5.83. The number of hydrogen-bond donors (Lipinski definition) is 0. The molecule has 1 aromatic carbocycles. The summed E-state index contributed by atoms with van der Waals surface area (Å²) in [5.74, 6) is -0.414. The van der Waals surface area contributed by atoms with Crippen LogP contribution >= 0.6 is 0 Å². The van der Waals surface area contributed by atoms with Gasteiger partial charge in [-0.3, -0.25) is 10.1 Å². The standard InChI is InChI=1S/C12H12FNO4/c13-9-6-11-8(5-10(9)14(15)16)7-12(18-11)1-3-17-4-2-12/h5-6H,1-4,7H2. The molecule has 0 bridgehead atoms. The molecule has 5 nitrogen and oxygen atoms in total. The summed E-state index contributed by atoms with van der Waals surface area (Å²) >= 11 is 0. The molecule has 0 saturated carbocycles. The SMILES string of the molecule is O=[N+]([O-])c1cc2c(cc1F)OC1(CCOCC1)C2.